The van der Waals surface area contributed by atoms with Crippen LogP contribution in [-0.2, 0) is 0 Å². The highest BCUT2D eigenvalue weighted by Crippen LogP contribution is 2.21. The predicted molar refractivity (Wildman–Crippen MR) is 93.0 cm³/mol. The largest absolute Gasteiger partial charge is 0.497 e. The van der Waals surface area contributed by atoms with Crippen LogP contribution in [0.3, 0.4) is 0 Å². The zero-order chi connectivity index (χ0) is 16.9. The van der Waals surface area contributed by atoms with E-state index in [1.54, 1.807) is 7.11 Å². The van der Waals surface area contributed by atoms with Crippen molar-refractivity contribution < 1.29 is 14.2 Å². The standard InChI is InChI=1S/C19H23FN2O2/c1-24-18-4-2-3-15(13-18)19(23)14-21-9-11-22(12-10-21)17-7-5-16(20)6-8-17/h2-8,13,19,23H,9-12,14H2,1H3/t19-/m0/s1. The van der Waals surface area contributed by atoms with Crippen molar-refractivity contribution in [1.82, 2.24) is 4.90 Å². The van der Waals surface area contributed by atoms with Crippen molar-refractivity contribution in [2.45, 2.75) is 6.10 Å². The molecule has 24 heavy (non-hydrogen) atoms. The summed E-state index contributed by atoms with van der Waals surface area (Å²) in [6.45, 7) is 4.09. The van der Waals surface area contributed by atoms with Gasteiger partial charge in [0.15, 0.2) is 0 Å². The van der Waals surface area contributed by atoms with Gasteiger partial charge < -0.3 is 14.7 Å². The molecule has 0 unspecified atom stereocenters. The number of rotatable bonds is 5. The molecule has 4 nitrogen and oxygen atoms in total. The van der Waals surface area contributed by atoms with Crippen molar-refractivity contribution in [1.29, 1.82) is 0 Å². The van der Waals surface area contributed by atoms with Crippen LogP contribution in [0.1, 0.15) is 11.7 Å². The van der Waals surface area contributed by atoms with Gasteiger partial charge in [-0.3, -0.25) is 4.90 Å². The van der Waals surface area contributed by atoms with Gasteiger partial charge in [-0.15, -0.1) is 0 Å². The minimum Gasteiger partial charge on any atom is -0.497 e. The third kappa shape index (κ3) is 4.04. The third-order valence-electron chi connectivity index (χ3n) is 4.47. The molecule has 1 atom stereocenters. The summed E-state index contributed by atoms with van der Waals surface area (Å²) in [6.07, 6.45) is -0.530. The minimum absolute atomic E-state index is 0.209. The maximum absolute atomic E-state index is 13.0. The fraction of sp³-hybridized carbons (Fsp3) is 0.368. The Bertz CT molecular complexity index is 655. The first-order valence-electron chi connectivity index (χ1n) is 8.20. The predicted octanol–water partition coefficient (Wildman–Crippen LogP) is 2.69. The van der Waals surface area contributed by atoms with Gasteiger partial charge in [0.05, 0.1) is 13.2 Å². The van der Waals surface area contributed by atoms with Crippen LogP contribution in [-0.4, -0.2) is 49.8 Å². The molecule has 1 fully saturated rings. The molecule has 2 aromatic carbocycles. The summed E-state index contributed by atoms with van der Waals surface area (Å²) in [7, 11) is 1.63. The van der Waals surface area contributed by atoms with E-state index in [1.807, 2.05) is 36.4 Å². The molecule has 0 spiro atoms. The van der Waals surface area contributed by atoms with Gasteiger partial charge >= 0.3 is 0 Å². The highest BCUT2D eigenvalue weighted by Gasteiger charge is 2.20. The number of methoxy groups -OCH3 is 1. The SMILES string of the molecule is COc1cccc([C@@H](O)CN2CCN(c3ccc(F)cc3)CC2)c1. The topological polar surface area (TPSA) is 35.9 Å². The van der Waals surface area contributed by atoms with Crippen LogP contribution >= 0.6 is 0 Å². The van der Waals surface area contributed by atoms with Crippen LogP contribution < -0.4 is 9.64 Å². The van der Waals surface area contributed by atoms with E-state index < -0.39 is 6.10 Å². The molecular weight excluding hydrogens is 307 g/mol. The van der Waals surface area contributed by atoms with Gasteiger partial charge in [0.25, 0.3) is 0 Å². The summed E-state index contributed by atoms with van der Waals surface area (Å²) in [5, 5.41) is 10.5. The number of aliphatic hydroxyl groups excluding tert-OH is 1. The number of piperazine rings is 1. The van der Waals surface area contributed by atoms with Gasteiger partial charge in [-0.2, -0.15) is 0 Å². The maximum atomic E-state index is 13.0. The molecule has 5 heteroatoms. The van der Waals surface area contributed by atoms with Gasteiger partial charge in [0, 0.05) is 38.4 Å². The number of halogens is 1. The molecule has 128 valence electrons. The van der Waals surface area contributed by atoms with Crippen LogP contribution in [0.15, 0.2) is 48.5 Å². The van der Waals surface area contributed by atoms with E-state index in [-0.39, 0.29) is 5.82 Å². The molecule has 0 aromatic heterocycles. The maximum Gasteiger partial charge on any atom is 0.123 e. The lowest BCUT2D eigenvalue weighted by Gasteiger charge is -2.37. The van der Waals surface area contributed by atoms with E-state index in [9.17, 15) is 9.50 Å². The van der Waals surface area contributed by atoms with E-state index in [0.717, 1.165) is 43.2 Å². The number of β-amino-alcohol motifs (C(OH)–C–C–N with tert-alkyl or cyclic N) is 1. The number of ether oxygens (including phenoxy) is 1. The minimum atomic E-state index is -0.530. The lowest BCUT2D eigenvalue weighted by Crippen LogP contribution is -2.47. The third-order valence-corrected chi connectivity index (χ3v) is 4.47. The Balaban J connectivity index is 1.54. The molecule has 1 saturated heterocycles. The van der Waals surface area contributed by atoms with Crippen LogP contribution in [0.25, 0.3) is 0 Å². The molecule has 1 aliphatic heterocycles. The van der Waals surface area contributed by atoms with E-state index in [1.165, 1.54) is 12.1 Å². The molecule has 2 aromatic rings. The van der Waals surface area contributed by atoms with Gasteiger partial charge in [-0.1, -0.05) is 12.1 Å². The molecular formula is C19H23FN2O2. The first kappa shape index (κ1) is 16.7. The zero-order valence-corrected chi connectivity index (χ0v) is 13.9. The number of hydrogen-bond acceptors (Lipinski definition) is 4. The summed E-state index contributed by atoms with van der Waals surface area (Å²) < 4.78 is 18.2. The van der Waals surface area contributed by atoms with Crippen LogP contribution in [0.2, 0.25) is 0 Å². The Morgan fingerprint density at radius 3 is 2.46 bits per heavy atom. The van der Waals surface area contributed by atoms with Gasteiger partial charge in [-0.25, -0.2) is 4.39 Å². The molecule has 0 bridgehead atoms. The molecule has 0 saturated carbocycles. The highest BCUT2D eigenvalue weighted by molar-refractivity contribution is 5.46. The highest BCUT2D eigenvalue weighted by atomic mass is 19.1. The fourth-order valence-electron chi connectivity index (χ4n) is 3.04. The van der Waals surface area contributed by atoms with Crippen LogP contribution in [0.4, 0.5) is 10.1 Å². The zero-order valence-electron chi connectivity index (χ0n) is 13.9. The molecule has 0 radical (unpaired) electrons. The van der Waals surface area contributed by atoms with Gasteiger partial charge in [0.1, 0.15) is 11.6 Å². The van der Waals surface area contributed by atoms with Crippen molar-refractivity contribution in [2.24, 2.45) is 0 Å². The van der Waals surface area contributed by atoms with E-state index in [2.05, 4.69) is 9.80 Å². The molecule has 1 heterocycles. The van der Waals surface area contributed by atoms with Gasteiger partial charge in [0.2, 0.25) is 0 Å². The first-order valence-corrected chi connectivity index (χ1v) is 8.20. The number of hydrogen-bond donors (Lipinski definition) is 1. The van der Waals surface area contributed by atoms with Crippen molar-refractivity contribution in [3.05, 3.63) is 59.9 Å². The second kappa shape index (κ2) is 7.64. The summed E-state index contributed by atoms with van der Waals surface area (Å²) in [5.74, 6) is 0.548. The second-order valence-electron chi connectivity index (χ2n) is 6.06. The normalized spacial score (nSPS) is 16.9. The molecule has 1 N–H and O–H groups in total. The number of anilines is 1. The number of aliphatic hydroxyl groups is 1. The summed E-state index contributed by atoms with van der Waals surface area (Å²) in [6, 6.07) is 14.2. The Labute approximate surface area is 142 Å². The van der Waals surface area contributed by atoms with Crippen molar-refractivity contribution in [3.63, 3.8) is 0 Å². The molecule has 0 aliphatic carbocycles. The van der Waals surface area contributed by atoms with E-state index in [4.69, 9.17) is 4.74 Å². The summed E-state index contributed by atoms with van der Waals surface area (Å²) in [5.41, 5.74) is 1.92. The van der Waals surface area contributed by atoms with E-state index in [0.29, 0.717) is 6.54 Å². The fourth-order valence-corrected chi connectivity index (χ4v) is 3.04. The summed E-state index contributed by atoms with van der Waals surface area (Å²) in [4.78, 5) is 4.50. The van der Waals surface area contributed by atoms with Crippen molar-refractivity contribution >= 4 is 5.69 Å². The van der Waals surface area contributed by atoms with Crippen molar-refractivity contribution in [2.75, 3.05) is 44.7 Å². The molecule has 3 rings (SSSR count). The Morgan fingerprint density at radius 1 is 1.08 bits per heavy atom. The van der Waals surface area contributed by atoms with Crippen molar-refractivity contribution in [3.8, 4) is 5.75 Å². The Hall–Kier alpha value is -2.11. The lowest BCUT2D eigenvalue weighted by atomic mass is 10.1. The molecule has 1 aliphatic rings. The first-order chi connectivity index (χ1) is 11.7. The lowest BCUT2D eigenvalue weighted by molar-refractivity contribution is 0.109. The summed E-state index contributed by atoms with van der Waals surface area (Å²) >= 11 is 0. The second-order valence-corrected chi connectivity index (χ2v) is 6.06. The van der Waals surface area contributed by atoms with Crippen LogP contribution in [0, 0.1) is 5.82 Å². The smallest absolute Gasteiger partial charge is 0.123 e. The van der Waals surface area contributed by atoms with Gasteiger partial charge in [-0.05, 0) is 42.0 Å². The Kier molecular flexibility index (Phi) is 5.33. The Morgan fingerprint density at radius 2 is 1.79 bits per heavy atom. The van der Waals surface area contributed by atoms with Crippen LogP contribution in [0.5, 0.6) is 5.75 Å². The average Bonchev–Trinajstić information content (AvgIpc) is 2.63. The monoisotopic (exact) mass is 330 g/mol. The number of benzene rings is 2. The molecule has 0 amide bonds. The van der Waals surface area contributed by atoms with E-state index >= 15 is 0 Å². The average molecular weight is 330 g/mol. The number of nitrogens with zero attached hydrogens (tertiary/aromatic N) is 2. The quantitative estimate of drug-likeness (QED) is 0.914.